The number of nitrogens with zero attached hydrogens (tertiary/aromatic N) is 4. The van der Waals surface area contributed by atoms with Gasteiger partial charge in [-0.3, -0.25) is 4.98 Å². The predicted octanol–water partition coefficient (Wildman–Crippen LogP) is 10.1. The zero-order valence-corrected chi connectivity index (χ0v) is 26.4. The van der Waals surface area contributed by atoms with Crippen LogP contribution in [-0.4, -0.2) is 29.0 Å². The second kappa shape index (κ2) is 17.5. The Morgan fingerprint density at radius 2 is 1.39 bits per heavy atom. The molecule has 4 heteroatoms. The van der Waals surface area contributed by atoms with Gasteiger partial charge < -0.3 is 4.90 Å². The largest absolute Gasteiger partial charge is 0.362 e. The molecule has 0 atom stereocenters. The van der Waals surface area contributed by atoms with E-state index in [9.17, 15) is 0 Å². The minimum absolute atomic E-state index is 0.812. The number of benzene rings is 2. The normalized spacial score (nSPS) is 16.2. The highest BCUT2D eigenvalue weighted by Gasteiger charge is 2.19. The van der Waals surface area contributed by atoms with Crippen molar-refractivity contribution in [3.05, 3.63) is 84.3 Å². The third-order valence-electron chi connectivity index (χ3n) is 8.07. The summed E-state index contributed by atoms with van der Waals surface area (Å²) in [7, 11) is 3.99. The first-order valence-corrected chi connectivity index (χ1v) is 15.9. The second-order valence-corrected chi connectivity index (χ2v) is 11.6. The van der Waals surface area contributed by atoms with Gasteiger partial charge in [-0.25, -0.2) is 9.97 Å². The fourth-order valence-corrected chi connectivity index (χ4v) is 5.67. The van der Waals surface area contributed by atoms with Gasteiger partial charge in [0.25, 0.3) is 0 Å². The molecule has 2 aromatic carbocycles. The van der Waals surface area contributed by atoms with Crippen molar-refractivity contribution in [1.29, 1.82) is 0 Å². The fourth-order valence-electron chi connectivity index (χ4n) is 5.67. The SMILES string of the molecule is CCCCC1CCC(CCC)CC1.CCc1ccc(-c2ccccn2)cc1.Cc1nc(N(C)C)c2ccccc2n1. The molecule has 0 amide bonds. The highest BCUT2D eigenvalue weighted by atomic mass is 15.1. The predicted molar refractivity (Wildman–Crippen MR) is 178 cm³/mol. The zero-order valence-electron chi connectivity index (χ0n) is 26.4. The van der Waals surface area contributed by atoms with E-state index < -0.39 is 0 Å². The van der Waals surface area contributed by atoms with Gasteiger partial charge in [0.15, 0.2) is 0 Å². The number of unbranched alkanes of at least 4 members (excludes halogenated alkanes) is 1. The van der Waals surface area contributed by atoms with Crippen molar-refractivity contribution in [1.82, 2.24) is 15.0 Å². The number of hydrogen-bond acceptors (Lipinski definition) is 4. The van der Waals surface area contributed by atoms with Crippen molar-refractivity contribution in [3.63, 3.8) is 0 Å². The monoisotopic (exact) mass is 552 g/mol. The van der Waals surface area contributed by atoms with Gasteiger partial charge in [0.05, 0.1) is 11.2 Å². The van der Waals surface area contributed by atoms with Gasteiger partial charge in [-0.15, -0.1) is 0 Å². The molecule has 0 radical (unpaired) electrons. The van der Waals surface area contributed by atoms with Crippen LogP contribution in [0.3, 0.4) is 0 Å². The lowest BCUT2D eigenvalue weighted by atomic mass is 9.78. The highest BCUT2D eigenvalue weighted by Crippen LogP contribution is 2.33. The summed E-state index contributed by atoms with van der Waals surface area (Å²) in [4.78, 5) is 15.1. The molecule has 1 aliphatic carbocycles. The summed E-state index contributed by atoms with van der Waals surface area (Å²) in [5.74, 6) is 3.97. The molecule has 0 spiro atoms. The van der Waals surface area contributed by atoms with Gasteiger partial charge in [0.2, 0.25) is 0 Å². The van der Waals surface area contributed by atoms with Gasteiger partial charge in [0, 0.05) is 31.2 Å². The van der Waals surface area contributed by atoms with E-state index in [4.69, 9.17) is 0 Å². The maximum absolute atomic E-state index is 4.42. The van der Waals surface area contributed by atoms with Crippen LogP contribution in [0.2, 0.25) is 0 Å². The number of aromatic nitrogens is 3. The number of rotatable bonds is 8. The number of hydrogen-bond donors (Lipinski definition) is 0. The van der Waals surface area contributed by atoms with Crippen molar-refractivity contribution in [3.8, 4) is 11.3 Å². The van der Waals surface area contributed by atoms with Gasteiger partial charge in [0.1, 0.15) is 11.6 Å². The maximum atomic E-state index is 4.42. The summed E-state index contributed by atoms with van der Waals surface area (Å²) in [6, 6.07) is 22.6. The van der Waals surface area contributed by atoms with E-state index in [1.54, 1.807) is 0 Å². The van der Waals surface area contributed by atoms with E-state index in [0.717, 1.165) is 46.5 Å². The van der Waals surface area contributed by atoms with E-state index in [-0.39, 0.29) is 0 Å². The van der Waals surface area contributed by atoms with E-state index in [0.29, 0.717) is 0 Å². The molecular weight excluding hydrogens is 500 g/mol. The molecular formula is C37H52N4. The highest BCUT2D eigenvalue weighted by molar-refractivity contribution is 5.89. The minimum atomic E-state index is 0.812. The third-order valence-corrected chi connectivity index (χ3v) is 8.07. The standard InChI is InChI=1S/C13H13N.C13H26.C11H13N3/c1-2-11-6-8-12(9-7-11)13-5-3-4-10-14-13;1-3-5-7-13-10-8-12(6-4-2)9-11-13;1-8-12-10-7-5-4-6-9(10)11(13-8)14(2)3/h3-10H,2H2,1H3;12-13H,3-11H2,1-2H3;4-7H,1-3H3. The molecule has 2 heterocycles. The molecule has 1 fully saturated rings. The first-order valence-electron chi connectivity index (χ1n) is 15.9. The van der Waals surface area contributed by atoms with Crippen LogP contribution in [0.15, 0.2) is 72.9 Å². The Labute approximate surface area is 249 Å². The van der Waals surface area contributed by atoms with Crippen LogP contribution in [0, 0.1) is 18.8 Å². The van der Waals surface area contributed by atoms with Crippen molar-refractivity contribution >= 4 is 16.7 Å². The van der Waals surface area contributed by atoms with Crippen molar-refractivity contribution in [2.75, 3.05) is 19.0 Å². The number of para-hydroxylation sites is 1. The topological polar surface area (TPSA) is 41.9 Å². The zero-order chi connectivity index (χ0) is 29.5. The molecule has 4 nitrogen and oxygen atoms in total. The number of pyridine rings is 1. The summed E-state index contributed by atoms with van der Waals surface area (Å²) in [5.41, 5.74) is 4.59. The third kappa shape index (κ3) is 10.6. The Hall–Kier alpha value is -3.27. The lowest BCUT2D eigenvalue weighted by Gasteiger charge is -2.28. The quantitative estimate of drug-likeness (QED) is 0.218. The smallest absolute Gasteiger partial charge is 0.139 e. The summed E-state index contributed by atoms with van der Waals surface area (Å²) < 4.78 is 0. The van der Waals surface area contributed by atoms with Crippen LogP contribution >= 0.6 is 0 Å². The fraction of sp³-hybridized carbons (Fsp3) is 0.486. The second-order valence-electron chi connectivity index (χ2n) is 11.6. The number of fused-ring (bicyclic) bond motifs is 1. The average molecular weight is 553 g/mol. The Morgan fingerprint density at radius 1 is 0.732 bits per heavy atom. The summed E-state index contributed by atoms with van der Waals surface area (Å²) in [6.07, 6.45) is 16.3. The summed E-state index contributed by atoms with van der Waals surface area (Å²) in [5, 5.41) is 1.10. The molecule has 1 saturated carbocycles. The van der Waals surface area contributed by atoms with Crippen LogP contribution in [0.4, 0.5) is 5.82 Å². The Morgan fingerprint density at radius 3 is 1.98 bits per heavy atom. The van der Waals surface area contributed by atoms with Crippen LogP contribution in [0.25, 0.3) is 22.2 Å². The molecule has 0 aliphatic heterocycles. The van der Waals surface area contributed by atoms with Gasteiger partial charge in [-0.1, -0.05) is 121 Å². The maximum Gasteiger partial charge on any atom is 0.139 e. The van der Waals surface area contributed by atoms with E-state index in [1.807, 2.05) is 74.6 Å². The molecule has 0 unspecified atom stereocenters. The van der Waals surface area contributed by atoms with Crippen molar-refractivity contribution in [2.24, 2.45) is 11.8 Å². The van der Waals surface area contributed by atoms with Crippen LogP contribution in [-0.2, 0) is 6.42 Å². The van der Waals surface area contributed by atoms with Crippen molar-refractivity contribution < 1.29 is 0 Å². The molecule has 2 aromatic heterocycles. The van der Waals surface area contributed by atoms with E-state index in [1.165, 1.54) is 68.9 Å². The van der Waals surface area contributed by atoms with Crippen LogP contribution in [0.5, 0.6) is 0 Å². The molecule has 220 valence electrons. The molecule has 4 aromatic rings. The Balaban J connectivity index is 0.000000169. The molecule has 0 saturated heterocycles. The van der Waals surface area contributed by atoms with Crippen LogP contribution < -0.4 is 4.90 Å². The molecule has 0 N–H and O–H groups in total. The average Bonchev–Trinajstić information content (AvgIpc) is 3.01. The number of aryl methyl sites for hydroxylation is 2. The molecule has 41 heavy (non-hydrogen) atoms. The summed E-state index contributed by atoms with van der Waals surface area (Å²) >= 11 is 0. The van der Waals surface area contributed by atoms with Gasteiger partial charge >= 0.3 is 0 Å². The lowest BCUT2D eigenvalue weighted by molar-refractivity contribution is 0.248. The Kier molecular flexibility index (Phi) is 13.8. The number of anilines is 1. The lowest BCUT2D eigenvalue weighted by Crippen LogP contribution is -2.14. The first kappa shape index (κ1) is 32.2. The summed E-state index contributed by atoms with van der Waals surface area (Å²) in [6.45, 7) is 8.71. The molecule has 1 aliphatic rings. The first-order chi connectivity index (χ1) is 19.9. The van der Waals surface area contributed by atoms with Crippen molar-refractivity contribution in [2.45, 2.75) is 91.9 Å². The van der Waals surface area contributed by atoms with E-state index >= 15 is 0 Å². The van der Waals surface area contributed by atoms with Gasteiger partial charge in [-0.2, -0.15) is 0 Å². The molecule has 5 rings (SSSR count). The van der Waals surface area contributed by atoms with Gasteiger partial charge in [-0.05, 0) is 55.0 Å². The minimum Gasteiger partial charge on any atom is -0.362 e. The van der Waals surface area contributed by atoms with Crippen LogP contribution in [0.1, 0.15) is 89.9 Å². The molecule has 0 bridgehead atoms. The van der Waals surface area contributed by atoms with E-state index in [2.05, 4.69) is 60.0 Å². The Bertz CT molecular complexity index is 1260.